The van der Waals surface area contributed by atoms with Crippen LogP contribution in [0, 0.1) is 5.92 Å². The van der Waals surface area contributed by atoms with Crippen molar-refractivity contribution in [1.82, 2.24) is 4.98 Å². The molecule has 2 aromatic rings. The highest BCUT2D eigenvalue weighted by Crippen LogP contribution is 2.26. The summed E-state index contributed by atoms with van der Waals surface area (Å²) < 4.78 is 0. The fourth-order valence-corrected chi connectivity index (χ4v) is 3.07. The molecule has 3 rings (SSSR count). The molecule has 112 valence electrons. The first-order chi connectivity index (χ1) is 10.8. The van der Waals surface area contributed by atoms with E-state index in [2.05, 4.69) is 4.98 Å². The number of nitrogens with zero attached hydrogens (tertiary/aromatic N) is 1. The first-order valence-corrected chi connectivity index (χ1v) is 7.85. The zero-order chi connectivity index (χ0) is 15.4. The summed E-state index contributed by atoms with van der Waals surface area (Å²) in [6, 6.07) is 11.1. The van der Waals surface area contributed by atoms with E-state index in [1.54, 1.807) is 24.5 Å². The van der Waals surface area contributed by atoms with Crippen LogP contribution in [0.5, 0.6) is 0 Å². The normalized spacial score (nSPS) is 15.5. The Balaban J connectivity index is 1.82. The predicted molar refractivity (Wildman–Crippen MR) is 85.6 cm³/mol. The van der Waals surface area contributed by atoms with Gasteiger partial charge in [0.2, 0.25) is 11.6 Å². The van der Waals surface area contributed by atoms with Crippen molar-refractivity contribution in [1.29, 1.82) is 0 Å². The van der Waals surface area contributed by atoms with Gasteiger partial charge in [-0.2, -0.15) is 0 Å². The number of aromatic nitrogens is 1. The van der Waals surface area contributed by atoms with Crippen LogP contribution >= 0.6 is 0 Å². The quantitative estimate of drug-likeness (QED) is 0.630. The fraction of sp³-hybridized carbons (Fsp3) is 0.316. The van der Waals surface area contributed by atoms with Gasteiger partial charge in [0, 0.05) is 29.4 Å². The van der Waals surface area contributed by atoms with Crippen molar-refractivity contribution in [3.63, 3.8) is 0 Å². The van der Waals surface area contributed by atoms with Gasteiger partial charge in [-0.3, -0.25) is 14.6 Å². The van der Waals surface area contributed by atoms with Crippen molar-refractivity contribution in [3.05, 3.63) is 54.4 Å². The summed E-state index contributed by atoms with van der Waals surface area (Å²) in [5.74, 6) is -0.649. The Morgan fingerprint density at radius 1 is 0.955 bits per heavy atom. The van der Waals surface area contributed by atoms with Gasteiger partial charge in [0.25, 0.3) is 0 Å². The molecule has 1 heterocycles. The van der Waals surface area contributed by atoms with Crippen LogP contribution in [-0.4, -0.2) is 16.6 Å². The van der Waals surface area contributed by atoms with Crippen molar-refractivity contribution in [2.45, 2.75) is 32.1 Å². The summed E-state index contributed by atoms with van der Waals surface area (Å²) in [7, 11) is 0. The van der Waals surface area contributed by atoms with E-state index >= 15 is 0 Å². The van der Waals surface area contributed by atoms with E-state index in [1.807, 2.05) is 24.3 Å². The van der Waals surface area contributed by atoms with Crippen LogP contribution in [0.2, 0.25) is 0 Å². The van der Waals surface area contributed by atoms with E-state index in [0.717, 1.165) is 36.8 Å². The van der Waals surface area contributed by atoms with Crippen molar-refractivity contribution in [2.24, 2.45) is 5.92 Å². The molecule has 1 aliphatic carbocycles. The average Bonchev–Trinajstić information content (AvgIpc) is 2.62. The molecule has 0 aliphatic heterocycles. The van der Waals surface area contributed by atoms with Crippen molar-refractivity contribution < 1.29 is 9.59 Å². The molecular formula is C19H19NO2. The highest BCUT2D eigenvalue weighted by molar-refractivity contribution is 6.44. The lowest BCUT2D eigenvalue weighted by molar-refractivity contribution is -0.119. The molecule has 0 saturated heterocycles. The second kappa shape index (κ2) is 6.65. The predicted octanol–water partition coefficient (Wildman–Crippen LogP) is 4.08. The van der Waals surface area contributed by atoms with Crippen LogP contribution in [-0.2, 0) is 4.79 Å². The van der Waals surface area contributed by atoms with Crippen LogP contribution in [0.4, 0.5) is 0 Å². The number of ketones is 2. The Labute approximate surface area is 130 Å². The SMILES string of the molecule is O=C(C(=O)C1CCCCC1)c1cccc(-c2cccnc2)c1. The van der Waals surface area contributed by atoms with Crippen LogP contribution in [0.1, 0.15) is 42.5 Å². The van der Waals surface area contributed by atoms with Gasteiger partial charge in [0.15, 0.2) is 0 Å². The lowest BCUT2D eigenvalue weighted by Crippen LogP contribution is -2.25. The Hall–Kier alpha value is -2.29. The van der Waals surface area contributed by atoms with Crippen LogP contribution < -0.4 is 0 Å². The van der Waals surface area contributed by atoms with Gasteiger partial charge in [-0.1, -0.05) is 43.5 Å². The van der Waals surface area contributed by atoms with Crippen LogP contribution in [0.15, 0.2) is 48.8 Å². The maximum Gasteiger partial charge on any atom is 0.228 e. The third-order valence-corrected chi connectivity index (χ3v) is 4.32. The fourth-order valence-electron chi connectivity index (χ4n) is 3.07. The lowest BCUT2D eigenvalue weighted by atomic mass is 9.83. The molecule has 0 amide bonds. The second-order valence-electron chi connectivity index (χ2n) is 5.85. The third kappa shape index (κ3) is 3.14. The van der Waals surface area contributed by atoms with Gasteiger partial charge < -0.3 is 0 Å². The number of rotatable bonds is 4. The first-order valence-electron chi connectivity index (χ1n) is 7.85. The smallest absolute Gasteiger partial charge is 0.228 e. The van der Waals surface area contributed by atoms with E-state index in [0.29, 0.717) is 5.56 Å². The Bertz CT molecular complexity index is 673. The van der Waals surface area contributed by atoms with Crippen molar-refractivity contribution in [2.75, 3.05) is 0 Å². The lowest BCUT2D eigenvalue weighted by Gasteiger charge is -2.19. The molecular weight excluding hydrogens is 274 g/mol. The minimum atomic E-state index is -0.349. The van der Waals surface area contributed by atoms with Crippen molar-refractivity contribution >= 4 is 11.6 Å². The highest BCUT2D eigenvalue weighted by atomic mass is 16.2. The van der Waals surface area contributed by atoms with E-state index < -0.39 is 0 Å². The Morgan fingerprint density at radius 2 is 1.73 bits per heavy atom. The molecule has 0 bridgehead atoms. The maximum absolute atomic E-state index is 12.5. The van der Waals surface area contributed by atoms with Gasteiger partial charge in [-0.25, -0.2) is 0 Å². The van der Waals surface area contributed by atoms with Gasteiger partial charge in [-0.05, 0) is 30.5 Å². The zero-order valence-electron chi connectivity index (χ0n) is 12.5. The van der Waals surface area contributed by atoms with Gasteiger partial charge in [-0.15, -0.1) is 0 Å². The topological polar surface area (TPSA) is 47.0 Å². The number of hydrogen-bond donors (Lipinski definition) is 0. The molecule has 0 atom stereocenters. The second-order valence-corrected chi connectivity index (χ2v) is 5.85. The van der Waals surface area contributed by atoms with Gasteiger partial charge >= 0.3 is 0 Å². The van der Waals surface area contributed by atoms with E-state index in [1.165, 1.54) is 6.42 Å². The molecule has 3 nitrogen and oxygen atoms in total. The number of Topliss-reactive ketones (excluding diaryl/α,β-unsaturated/α-hetero) is 2. The van der Waals surface area contributed by atoms with E-state index in [4.69, 9.17) is 0 Å². The standard InChI is InChI=1S/C19H19NO2/c21-18(14-6-2-1-3-7-14)19(22)16-9-4-8-15(12-16)17-10-5-11-20-13-17/h4-5,8-14H,1-3,6-7H2. The van der Waals surface area contributed by atoms with E-state index in [-0.39, 0.29) is 17.5 Å². The number of carbonyl (C=O) groups excluding carboxylic acids is 2. The van der Waals surface area contributed by atoms with Crippen LogP contribution in [0.3, 0.4) is 0 Å². The molecule has 1 aliphatic rings. The zero-order valence-corrected chi connectivity index (χ0v) is 12.5. The molecule has 1 saturated carbocycles. The molecule has 1 aromatic heterocycles. The average molecular weight is 293 g/mol. The molecule has 0 unspecified atom stereocenters. The molecule has 0 radical (unpaired) electrons. The Morgan fingerprint density at radius 3 is 2.45 bits per heavy atom. The molecule has 0 N–H and O–H groups in total. The molecule has 1 aromatic carbocycles. The number of hydrogen-bond acceptors (Lipinski definition) is 3. The van der Waals surface area contributed by atoms with E-state index in [9.17, 15) is 9.59 Å². The molecule has 0 spiro atoms. The molecule has 1 fully saturated rings. The number of pyridine rings is 1. The first kappa shape index (κ1) is 14.6. The molecule has 3 heteroatoms. The summed E-state index contributed by atoms with van der Waals surface area (Å²) in [5.41, 5.74) is 2.34. The summed E-state index contributed by atoms with van der Waals surface area (Å²) in [6.07, 6.45) is 8.46. The third-order valence-electron chi connectivity index (χ3n) is 4.32. The minimum absolute atomic E-state index is 0.0803. The highest BCUT2D eigenvalue weighted by Gasteiger charge is 2.27. The van der Waals surface area contributed by atoms with Crippen molar-refractivity contribution in [3.8, 4) is 11.1 Å². The maximum atomic E-state index is 12.5. The summed E-state index contributed by atoms with van der Waals surface area (Å²) >= 11 is 0. The summed E-state index contributed by atoms with van der Waals surface area (Å²) in [5, 5.41) is 0. The number of benzene rings is 1. The van der Waals surface area contributed by atoms with Gasteiger partial charge in [0.1, 0.15) is 0 Å². The minimum Gasteiger partial charge on any atom is -0.290 e. The monoisotopic (exact) mass is 293 g/mol. The van der Waals surface area contributed by atoms with Crippen LogP contribution in [0.25, 0.3) is 11.1 Å². The largest absolute Gasteiger partial charge is 0.290 e. The summed E-state index contributed by atoms with van der Waals surface area (Å²) in [6.45, 7) is 0. The molecule has 22 heavy (non-hydrogen) atoms. The number of carbonyl (C=O) groups is 2. The van der Waals surface area contributed by atoms with Gasteiger partial charge in [0.05, 0.1) is 0 Å². The Kier molecular flexibility index (Phi) is 4.42. The summed E-state index contributed by atoms with van der Waals surface area (Å²) in [4.78, 5) is 28.9.